The van der Waals surface area contributed by atoms with E-state index in [4.69, 9.17) is 9.47 Å². The molecule has 1 aliphatic heterocycles. The number of ether oxygens (including phenoxy) is 2. The van der Waals surface area contributed by atoms with E-state index in [1.807, 2.05) is 6.92 Å². The van der Waals surface area contributed by atoms with E-state index in [2.05, 4.69) is 5.32 Å². The Balaban J connectivity index is 1.93. The molecule has 1 N–H and O–H groups in total. The molecule has 0 aromatic heterocycles. The molecule has 1 amide bonds. The number of carbonyl (C=O) groups is 1. The first-order valence-corrected chi connectivity index (χ1v) is 5.79. The van der Waals surface area contributed by atoms with Crippen LogP contribution >= 0.6 is 0 Å². The minimum absolute atomic E-state index is 0.102. The van der Waals surface area contributed by atoms with Crippen LogP contribution in [0.15, 0.2) is 0 Å². The summed E-state index contributed by atoms with van der Waals surface area (Å²) in [7, 11) is 0. The highest BCUT2D eigenvalue weighted by Gasteiger charge is 2.16. The molecule has 15 heavy (non-hydrogen) atoms. The van der Waals surface area contributed by atoms with Crippen molar-refractivity contribution in [2.75, 3.05) is 26.4 Å². The van der Waals surface area contributed by atoms with Gasteiger partial charge in [0, 0.05) is 26.2 Å². The number of amides is 1. The van der Waals surface area contributed by atoms with Crippen molar-refractivity contribution in [2.24, 2.45) is 0 Å². The summed E-state index contributed by atoms with van der Waals surface area (Å²) in [5, 5.41) is 2.82. The van der Waals surface area contributed by atoms with E-state index < -0.39 is 0 Å². The molecule has 0 spiro atoms. The lowest BCUT2D eigenvalue weighted by molar-refractivity contribution is -0.121. The Kier molecular flexibility index (Phi) is 6.36. The van der Waals surface area contributed by atoms with E-state index in [1.165, 1.54) is 0 Å². The third-order valence-corrected chi connectivity index (χ3v) is 2.49. The molecule has 0 saturated carbocycles. The Bertz CT molecular complexity index is 179. The molecule has 0 aromatic rings. The Morgan fingerprint density at radius 2 is 2.47 bits per heavy atom. The molecule has 4 heteroatoms. The minimum Gasteiger partial charge on any atom is -0.380 e. The van der Waals surface area contributed by atoms with E-state index in [0.717, 1.165) is 25.9 Å². The van der Waals surface area contributed by atoms with Gasteiger partial charge >= 0.3 is 0 Å². The summed E-state index contributed by atoms with van der Waals surface area (Å²) in [5.41, 5.74) is 0. The Morgan fingerprint density at radius 1 is 1.60 bits per heavy atom. The first-order valence-electron chi connectivity index (χ1n) is 5.79. The summed E-state index contributed by atoms with van der Waals surface area (Å²) < 4.78 is 10.6. The van der Waals surface area contributed by atoms with Crippen LogP contribution in [0, 0.1) is 0 Å². The lowest BCUT2D eigenvalue weighted by atomic mass is 10.1. The third kappa shape index (κ3) is 5.74. The van der Waals surface area contributed by atoms with Gasteiger partial charge in [0.15, 0.2) is 0 Å². The molecule has 1 fully saturated rings. The summed E-state index contributed by atoms with van der Waals surface area (Å²) in [6.07, 6.45) is 3.96. The van der Waals surface area contributed by atoms with Crippen LogP contribution in [0.3, 0.4) is 0 Å². The molecule has 0 bridgehead atoms. The van der Waals surface area contributed by atoms with Gasteiger partial charge in [-0.25, -0.2) is 0 Å². The molecule has 0 aliphatic carbocycles. The maximum atomic E-state index is 11.3. The molecule has 1 saturated heterocycles. The summed E-state index contributed by atoms with van der Waals surface area (Å²) in [4.78, 5) is 11.3. The average Bonchev–Trinajstić information content (AvgIpc) is 2.74. The molecule has 0 radical (unpaired) electrons. The second-order valence-electron chi connectivity index (χ2n) is 3.72. The largest absolute Gasteiger partial charge is 0.380 e. The molecule has 4 nitrogen and oxygen atoms in total. The lowest BCUT2D eigenvalue weighted by Gasteiger charge is -2.09. The maximum Gasteiger partial charge on any atom is 0.220 e. The van der Waals surface area contributed by atoms with Crippen LogP contribution in [-0.4, -0.2) is 38.4 Å². The second-order valence-corrected chi connectivity index (χ2v) is 3.72. The molecule has 0 unspecified atom stereocenters. The highest BCUT2D eigenvalue weighted by atomic mass is 16.5. The maximum absolute atomic E-state index is 11.3. The standard InChI is InChI=1S/C11H21NO3/c1-2-14-9-7-12-11(13)6-5-10-4-3-8-15-10/h10H,2-9H2,1H3,(H,12,13)/t10-/m0/s1. The first-order chi connectivity index (χ1) is 7.33. The molecule has 1 atom stereocenters. The van der Waals surface area contributed by atoms with Gasteiger partial charge in [0.05, 0.1) is 12.7 Å². The number of hydrogen-bond acceptors (Lipinski definition) is 3. The Morgan fingerprint density at radius 3 is 3.13 bits per heavy atom. The van der Waals surface area contributed by atoms with Crippen molar-refractivity contribution in [3.05, 3.63) is 0 Å². The Hall–Kier alpha value is -0.610. The van der Waals surface area contributed by atoms with Gasteiger partial charge in [-0.1, -0.05) is 0 Å². The second kappa shape index (κ2) is 7.65. The fourth-order valence-electron chi connectivity index (χ4n) is 1.66. The van der Waals surface area contributed by atoms with Crippen molar-refractivity contribution in [2.45, 2.75) is 38.7 Å². The zero-order valence-corrected chi connectivity index (χ0v) is 9.46. The fraction of sp³-hybridized carbons (Fsp3) is 0.909. The van der Waals surface area contributed by atoms with E-state index in [0.29, 0.717) is 32.3 Å². The van der Waals surface area contributed by atoms with Crippen molar-refractivity contribution in [1.82, 2.24) is 5.32 Å². The third-order valence-electron chi connectivity index (χ3n) is 2.49. The van der Waals surface area contributed by atoms with Crippen molar-refractivity contribution < 1.29 is 14.3 Å². The SMILES string of the molecule is CCOCCNC(=O)CC[C@@H]1CCCO1. The van der Waals surface area contributed by atoms with Crippen LogP contribution in [0.2, 0.25) is 0 Å². The highest BCUT2D eigenvalue weighted by Crippen LogP contribution is 2.16. The summed E-state index contributed by atoms with van der Waals surface area (Å²) in [5.74, 6) is 0.102. The monoisotopic (exact) mass is 215 g/mol. The van der Waals surface area contributed by atoms with Crippen molar-refractivity contribution >= 4 is 5.91 Å². The Labute approximate surface area is 91.3 Å². The van der Waals surface area contributed by atoms with Gasteiger partial charge in [0.1, 0.15) is 0 Å². The molecular weight excluding hydrogens is 194 g/mol. The smallest absolute Gasteiger partial charge is 0.220 e. The van der Waals surface area contributed by atoms with E-state index in [9.17, 15) is 4.79 Å². The highest BCUT2D eigenvalue weighted by molar-refractivity contribution is 5.75. The van der Waals surface area contributed by atoms with Crippen molar-refractivity contribution in [1.29, 1.82) is 0 Å². The molecular formula is C11H21NO3. The van der Waals surface area contributed by atoms with Gasteiger partial charge in [-0.15, -0.1) is 0 Å². The van der Waals surface area contributed by atoms with Crippen LogP contribution in [0.5, 0.6) is 0 Å². The average molecular weight is 215 g/mol. The summed E-state index contributed by atoms with van der Waals surface area (Å²) >= 11 is 0. The zero-order valence-electron chi connectivity index (χ0n) is 9.46. The quantitative estimate of drug-likeness (QED) is 0.647. The van der Waals surface area contributed by atoms with Crippen LogP contribution < -0.4 is 5.32 Å². The van der Waals surface area contributed by atoms with Crippen LogP contribution in [0.1, 0.15) is 32.6 Å². The van der Waals surface area contributed by atoms with Crippen molar-refractivity contribution in [3.8, 4) is 0 Å². The number of carbonyl (C=O) groups excluding carboxylic acids is 1. The van der Waals surface area contributed by atoms with Gasteiger partial charge in [-0.05, 0) is 26.2 Å². The summed E-state index contributed by atoms with van der Waals surface area (Å²) in [6.45, 7) is 4.71. The summed E-state index contributed by atoms with van der Waals surface area (Å²) in [6, 6.07) is 0. The predicted molar refractivity (Wildman–Crippen MR) is 57.7 cm³/mol. The number of nitrogens with one attached hydrogen (secondary N) is 1. The topological polar surface area (TPSA) is 47.6 Å². The van der Waals surface area contributed by atoms with Crippen LogP contribution in [0.25, 0.3) is 0 Å². The minimum atomic E-state index is 0.102. The molecule has 1 aliphatic rings. The van der Waals surface area contributed by atoms with Gasteiger partial charge in [-0.2, -0.15) is 0 Å². The molecule has 0 aromatic carbocycles. The van der Waals surface area contributed by atoms with Gasteiger partial charge in [0.25, 0.3) is 0 Å². The van der Waals surface area contributed by atoms with E-state index >= 15 is 0 Å². The number of rotatable bonds is 7. The normalized spacial score (nSPS) is 20.5. The molecule has 88 valence electrons. The number of hydrogen-bond donors (Lipinski definition) is 1. The molecule has 1 rings (SSSR count). The lowest BCUT2D eigenvalue weighted by Crippen LogP contribution is -2.27. The van der Waals surface area contributed by atoms with Gasteiger partial charge in [-0.3, -0.25) is 4.79 Å². The fourth-order valence-corrected chi connectivity index (χ4v) is 1.66. The van der Waals surface area contributed by atoms with Gasteiger partial charge < -0.3 is 14.8 Å². The zero-order chi connectivity index (χ0) is 10.9. The van der Waals surface area contributed by atoms with Gasteiger partial charge in [0.2, 0.25) is 5.91 Å². The van der Waals surface area contributed by atoms with E-state index in [1.54, 1.807) is 0 Å². The van der Waals surface area contributed by atoms with Crippen LogP contribution in [0.4, 0.5) is 0 Å². The van der Waals surface area contributed by atoms with Crippen molar-refractivity contribution in [3.63, 3.8) is 0 Å². The predicted octanol–water partition coefficient (Wildman–Crippen LogP) is 1.10. The molecule has 1 heterocycles. The van der Waals surface area contributed by atoms with E-state index in [-0.39, 0.29) is 5.91 Å². The van der Waals surface area contributed by atoms with Crippen LogP contribution in [-0.2, 0) is 14.3 Å². The first kappa shape index (κ1) is 12.5.